The van der Waals surface area contributed by atoms with Gasteiger partial charge >= 0.3 is 0 Å². The molecule has 0 spiro atoms. The lowest BCUT2D eigenvalue weighted by Gasteiger charge is -2.42. The molecular formula is C15H22BrFN2. The maximum absolute atomic E-state index is 13.6. The molecule has 0 aromatic heterocycles. The average molecular weight is 329 g/mol. The number of benzene rings is 1. The Kier molecular flexibility index (Phi) is 4.51. The zero-order valence-electron chi connectivity index (χ0n) is 12.0. The minimum absolute atomic E-state index is 0.190. The molecule has 0 amide bonds. The second kappa shape index (κ2) is 5.80. The first-order chi connectivity index (χ1) is 8.90. The van der Waals surface area contributed by atoms with Crippen LogP contribution in [0.1, 0.15) is 26.3 Å². The van der Waals surface area contributed by atoms with E-state index in [-0.39, 0.29) is 5.82 Å². The smallest absolute Gasteiger partial charge is 0.137 e. The summed E-state index contributed by atoms with van der Waals surface area (Å²) >= 11 is 3.29. The first-order valence-electron chi connectivity index (χ1n) is 6.85. The molecule has 1 fully saturated rings. The molecule has 1 aromatic carbocycles. The fourth-order valence-corrected chi connectivity index (χ4v) is 2.95. The summed E-state index contributed by atoms with van der Waals surface area (Å²) in [4.78, 5) is 2.39. The van der Waals surface area contributed by atoms with Crippen LogP contribution in [0.25, 0.3) is 0 Å². The van der Waals surface area contributed by atoms with Crippen LogP contribution in [-0.2, 0) is 0 Å². The van der Waals surface area contributed by atoms with Crippen LogP contribution in [-0.4, -0.2) is 25.2 Å². The van der Waals surface area contributed by atoms with Crippen molar-refractivity contribution in [3.05, 3.63) is 28.0 Å². The summed E-state index contributed by atoms with van der Waals surface area (Å²) < 4.78 is 14.1. The molecule has 0 aliphatic carbocycles. The van der Waals surface area contributed by atoms with Gasteiger partial charge in [0.1, 0.15) is 5.82 Å². The average Bonchev–Trinajstić information content (AvgIpc) is 2.34. The molecule has 2 nitrogen and oxygen atoms in total. The van der Waals surface area contributed by atoms with Gasteiger partial charge in [0.05, 0.1) is 4.47 Å². The molecule has 2 unspecified atom stereocenters. The van der Waals surface area contributed by atoms with E-state index in [1.807, 2.05) is 13.0 Å². The van der Waals surface area contributed by atoms with Gasteiger partial charge in [-0.2, -0.15) is 0 Å². The van der Waals surface area contributed by atoms with Gasteiger partial charge in [-0.1, -0.05) is 13.8 Å². The molecule has 1 aliphatic heterocycles. The Bertz CT molecular complexity index is 462. The van der Waals surface area contributed by atoms with Gasteiger partial charge in [-0.15, -0.1) is 0 Å². The number of hydrogen-bond acceptors (Lipinski definition) is 2. The number of hydrogen-bond donors (Lipinski definition) is 1. The number of piperazine rings is 1. The maximum Gasteiger partial charge on any atom is 0.137 e. The third-order valence-corrected chi connectivity index (χ3v) is 4.56. The van der Waals surface area contributed by atoms with Gasteiger partial charge < -0.3 is 10.2 Å². The van der Waals surface area contributed by atoms with Crippen molar-refractivity contribution in [2.24, 2.45) is 5.92 Å². The zero-order valence-corrected chi connectivity index (χ0v) is 13.6. The Labute approximate surface area is 123 Å². The highest BCUT2D eigenvalue weighted by Crippen LogP contribution is 2.30. The van der Waals surface area contributed by atoms with Crippen LogP contribution in [0.15, 0.2) is 16.6 Å². The molecule has 2 atom stereocenters. The third kappa shape index (κ3) is 3.11. The van der Waals surface area contributed by atoms with Gasteiger partial charge in [0.2, 0.25) is 0 Å². The summed E-state index contributed by atoms with van der Waals surface area (Å²) in [6.45, 7) is 10.6. The molecule has 2 rings (SSSR count). The summed E-state index contributed by atoms with van der Waals surface area (Å²) in [5.41, 5.74) is 2.13. The number of aryl methyl sites for hydroxylation is 1. The fraction of sp³-hybridized carbons (Fsp3) is 0.600. The van der Waals surface area contributed by atoms with Crippen LogP contribution in [0.3, 0.4) is 0 Å². The Balaban J connectivity index is 2.31. The maximum atomic E-state index is 13.6. The topological polar surface area (TPSA) is 15.3 Å². The molecular weight excluding hydrogens is 307 g/mol. The number of rotatable bonds is 2. The Morgan fingerprint density at radius 2 is 2.11 bits per heavy atom. The van der Waals surface area contributed by atoms with Crippen molar-refractivity contribution < 1.29 is 4.39 Å². The van der Waals surface area contributed by atoms with Gasteiger partial charge in [0.25, 0.3) is 0 Å². The lowest BCUT2D eigenvalue weighted by atomic mass is 9.98. The molecule has 0 radical (unpaired) electrons. The lowest BCUT2D eigenvalue weighted by Crippen LogP contribution is -2.57. The molecule has 1 heterocycles. The number of nitrogens with one attached hydrogen (secondary N) is 1. The molecule has 1 saturated heterocycles. The number of anilines is 1. The molecule has 0 saturated carbocycles. The largest absolute Gasteiger partial charge is 0.366 e. The third-order valence-electron chi connectivity index (χ3n) is 3.95. The van der Waals surface area contributed by atoms with Gasteiger partial charge in [-0.3, -0.25) is 0 Å². The van der Waals surface area contributed by atoms with Crippen LogP contribution >= 0.6 is 15.9 Å². The van der Waals surface area contributed by atoms with E-state index in [0.29, 0.717) is 22.5 Å². The summed E-state index contributed by atoms with van der Waals surface area (Å²) in [7, 11) is 0. The van der Waals surface area contributed by atoms with E-state index < -0.39 is 0 Å². The lowest BCUT2D eigenvalue weighted by molar-refractivity contribution is 0.336. The summed E-state index contributed by atoms with van der Waals surface area (Å²) in [5, 5.41) is 3.59. The van der Waals surface area contributed by atoms with Gasteiger partial charge in [0.15, 0.2) is 0 Å². The first kappa shape index (κ1) is 14.8. The Morgan fingerprint density at radius 1 is 1.42 bits per heavy atom. The predicted octanol–water partition coefficient (Wildman–Crippen LogP) is 3.72. The quantitative estimate of drug-likeness (QED) is 0.890. The van der Waals surface area contributed by atoms with Crippen LogP contribution in [0, 0.1) is 18.7 Å². The summed E-state index contributed by atoms with van der Waals surface area (Å²) in [6, 6.07) is 4.42. The zero-order chi connectivity index (χ0) is 14.2. The second-order valence-corrected chi connectivity index (χ2v) is 6.67. The SMILES string of the molecule is Cc1cc(F)c(Br)cc1N1CC(C(C)C)NCC1C. The highest BCUT2D eigenvalue weighted by atomic mass is 79.9. The van der Waals surface area contributed by atoms with Crippen molar-refractivity contribution in [2.45, 2.75) is 39.8 Å². The van der Waals surface area contributed by atoms with Crippen molar-refractivity contribution in [1.29, 1.82) is 0 Å². The molecule has 1 N–H and O–H groups in total. The highest BCUT2D eigenvalue weighted by molar-refractivity contribution is 9.10. The van der Waals surface area contributed by atoms with Crippen molar-refractivity contribution in [1.82, 2.24) is 5.32 Å². The molecule has 19 heavy (non-hydrogen) atoms. The van der Waals surface area contributed by atoms with Crippen molar-refractivity contribution in [3.63, 3.8) is 0 Å². The van der Waals surface area contributed by atoms with E-state index in [1.165, 1.54) is 0 Å². The van der Waals surface area contributed by atoms with E-state index in [4.69, 9.17) is 0 Å². The predicted molar refractivity (Wildman–Crippen MR) is 82.3 cm³/mol. The molecule has 4 heteroatoms. The van der Waals surface area contributed by atoms with Gasteiger partial charge in [0, 0.05) is 30.9 Å². The van der Waals surface area contributed by atoms with Gasteiger partial charge in [-0.25, -0.2) is 4.39 Å². The normalized spacial score (nSPS) is 24.1. The molecule has 1 aliphatic rings. The highest BCUT2D eigenvalue weighted by Gasteiger charge is 2.28. The second-order valence-electron chi connectivity index (χ2n) is 5.81. The van der Waals surface area contributed by atoms with E-state index in [9.17, 15) is 4.39 Å². The summed E-state index contributed by atoms with van der Waals surface area (Å²) in [6.07, 6.45) is 0. The van der Waals surface area contributed by atoms with Crippen LogP contribution in [0.5, 0.6) is 0 Å². The fourth-order valence-electron chi connectivity index (χ4n) is 2.62. The molecule has 106 valence electrons. The standard InChI is InChI=1S/C15H22BrFN2/c1-9(2)14-8-19(11(4)7-18-14)15-6-12(16)13(17)5-10(15)3/h5-6,9,11,14,18H,7-8H2,1-4H3. The van der Waals surface area contributed by atoms with Crippen molar-refractivity contribution in [3.8, 4) is 0 Å². The van der Waals surface area contributed by atoms with Crippen molar-refractivity contribution >= 4 is 21.6 Å². The Hall–Kier alpha value is -0.610. The molecule has 0 bridgehead atoms. The van der Waals surface area contributed by atoms with Crippen LogP contribution in [0.4, 0.5) is 10.1 Å². The van der Waals surface area contributed by atoms with E-state index >= 15 is 0 Å². The summed E-state index contributed by atoms with van der Waals surface area (Å²) in [5.74, 6) is 0.406. The van der Waals surface area contributed by atoms with E-state index in [0.717, 1.165) is 24.3 Å². The Morgan fingerprint density at radius 3 is 2.74 bits per heavy atom. The van der Waals surface area contributed by atoms with Crippen LogP contribution in [0.2, 0.25) is 0 Å². The van der Waals surface area contributed by atoms with Gasteiger partial charge in [-0.05, 0) is 53.4 Å². The molecule has 1 aromatic rings. The van der Waals surface area contributed by atoms with Crippen molar-refractivity contribution in [2.75, 3.05) is 18.0 Å². The van der Waals surface area contributed by atoms with E-state index in [1.54, 1.807) is 6.07 Å². The monoisotopic (exact) mass is 328 g/mol. The minimum atomic E-state index is -0.190. The van der Waals surface area contributed by atoms with Crippen LogP contribution < -0.4 is 10.2 Å². The number of halogens is 2. The van der Waals surface area contributed by atoms with E-state index in [2.05, 4.69) is 46.9 Å². The first-order valence-corrected chi connectivity index (χ1v) is 7.65. The number of nitrogens with zero attached hydrogens (tertiary/aromatic N) is 1. The minimum Gasteiger partial charge on any atom is -0.366 e.